The summed E-state index contributed by atoms with van der Waals surface area (Å²) in [5, 5.41) is 2.84. The minimum absolute atomic E-state index is 0.0140. The molecule has 0 atom stereocenters. The van der Waals surface area contributed by atoms with E-state index in [1.807, 2.05) is 11.8 Å². The van der Waals surface area contributed by atoms with Crippen LogP contribution < -0.4 is 10.2 Å². The average molecular weight is 327 g/mol. The van der Waals surface area contributed by atoms with E-state index in [0.29, 0.717) is 0 Å². The Hall–Kier alpha value is -1.36. The molecule has 1 aliphatic rings. The summed E-state index contributed by atoms with van der Waals surface area (Å²) in [5.41, 5.74) is 3.42. The van der Waals surface area contributed by atoms with E-state index in [1.165, 1.54) is 12.5 Å². The second-order valence-corrected chi connectivity index (χ2v) is 5.12. The molecule has 1 aromatic rings. The van der Waals surface area contributed by atoms with Gasteiger partial charge in [0.25, 0.3) is 0 Å². The third-order valence-corrected chi connectivity index (χ3v) is 3.31. The Morgan fingerprint density at radius 3 is 2.58 bits per heavy atom. The largest absolute Gasteiger partial charge is 0.336 e. The highest BCUT2D eigenvalue weighted by Gasteiger charge is 2.24. The van der Waals surface area contributed by atoms with E-state index in [-0.39, 0.29) is 6.03 Å². The van der Waals surface area contributed by atoms with Crippen LogP contribution in [-0.4, -0.2) is 25.4 Å². The van der Waals surface area contributed by atoms with E-state index in [1.54, 1.807) is 0 Å². The van der Waals surface area contributed by atoms with Gasteiger partial charge in [-0.3, -0.25) is 4.90 Å². The molecule has 4 nitrogen and oxygen atoms in total. The molecule has 1 aliphatic heterocycles. The van der Waals surface area contributed by atoms with Crippen molar-refractivity contribution in [3.63, 3.8) is 0 Å². The minimum atomic E-state index is 0.0140. The molecule has 1 fully saturated rings. The normalized spacial score (nSPS) is 13.7. The molecule has 1 N–H and O–H groups in total. The lowest BCUT2D eigenvalue weighted by Crippen LogP contribution is -2.29. The molecule has 0 saturated carbocycles. The van der Waals surface area contributed by atoms with E-state index in [9.17, 15) is 4.79 Å². The van der Waals surface area contributed by atoms with E-state index in [4.69, 9.17) is 4.79 Å². The molecule has 104 valence electrons. The number of nitrogens with zero attached hydrogens (tertiary/aromatic N) is 1. The quantitative estimate of drug-likeness (QED) is 0.849. The van der Waals surface area contributed by atoms with E-state index >= 15 is 0 Å². The van der Waals surface area contributed by atoms with Crippen LogP contribution in [0.4, 0.5) is 10.5 Å². The molecule has 5 heteroatoms. The highest BCUT2D eigenvalue weighted by atomic mass is 79.9. The monoisotopic (exact) mass is 326 g/mol. The third-order valence-electron chi connectivity index (χ3n) is 2.85. The summed E-state index contributed by atoms with van der Waals surface area (Å²) in [6, 6.07) is 4.16. The third kappa shape index (κ3) is 3.80. The van der Waals surface area contributed by atoms with Gasteiger partial charge in [0.15, 0.2) is 0 Å². The van der Waals surface area contributed by atoms with Crippen molar-refractivity contribution < 1.29 is 9.59 Å². The van der Waals surface area contributed by atoms with Crippen LogP contribution in [0.15, 0.2) is 16.6 Å². The average Bonchev–Trinajstić information content (AvgIpc) is 2.75. The molecule has 2 amide bonds. The molecule has 2 rings (SSSR count). The molecule has 0 spiro atoms. The first-order valence-corrected chi connectivity index (χ1v) is 7.08. The minimum Gasteiger partial charge on any atom is -0.336 e. The van der Waals surface area contributed by atoms with Crippen LogP contribution in [0.1, 0.15) is 25.0 Å². The summed E-state index contributed by atoms with van der Waals surface area (Å²) >= 11 is 3.49. The molecule has 0 aliphatic carbocycles. The fraction of sp³-hybridized carbons (Fsp3) is 0.429. The summed E-state index contributed by atoms with van der Waals surface area (Å²) in [7, 11) is 0. The van der Waals surface area contributed by atoms with Gasteiger partial charge < -0.3 is 10.1 Å². The Bertz CT molecular complexity index is 475. The lowest BCUT2D eigenvalue weighted by Gasteiger charge is -2.21. The van der Waals surface area contributed by atoms with Gasteiger partial charge in [-0.05, 0) is 43.5 Å². The Morgan fingerprint density at radius 2 is 2.11 bits per heavy atom. The molecule has 0 bridgehead atoms. The van der Waals surface area contributed by atoms with Gasteiger partial charge in [-0.2, -0.15) is 0 Å². The number of carbonyl (C=O) groups excluding carboxylic acids is 2. The molecule has 1 heterocycles. The van der Waals surface area contributed by atoms with Crippen molar-refractivity contribution in [2.24, 2.45) is 0 Å². The topological polar surface area (TPSA) is 49.4 Å². The van der Waals surface area contributed by atoms with Crippen LogP contribution in [0.25, 0.3) is 0 Å². The zero-order valence-electron chi connectivity index (χ0n) is 11.5. The molecular formula is C14H19BrN2O2. The van der Waals surface area contributed by atoms with Crippen molar-refractivity contribution in [1.29, 1.82) is 0 Å². The fourth-order valence-electron chi connectivity index (χ4n) is 2.15. The maximum absolute atomic E-state index is 11.7. The summed E-state index contributed by atoms with van der Waals surface area (Å²) < 4.78 is 1.07. The molecular weight excluding hydrogens is 308 g/mol. The maximum atomic E-state index is 11.7. The lowest BCUT2D eigenvalue weighted by atomic mass is 10.0. The van der Waals surface area contributed by atoms with Crippen LogP contribution in [0, 0.1) is 6.92 Å². The highest BCUT2D eigenvalue weighted by molar-refractivity contribution is 9.10. The van der Waals surface area contributed by atoms with E-state index < -0.39 is 0 Å². The molecule has 1 saturated heterocycles. The van der Waals surface area contributed by atoms with E-state index in [0.717, 1.165) is 41.5 Å². The van der Waals surface area contributed by atoms with Gasteiger partial charge in [0, 0.05) is 17.6 Å². The van der Waals surface area contributed by atoms with Crippen molar-refractivity contribution in [3.8, 4) is 0 Å². The molecule has 0 radical (unpaired) electrons. The summed E-state index contributed by atoms with van der Waals surface area (Å²) in [6.45, 7) is 7.09. The first-order valence-electron chi connectivity index (χ1n) is 6.29. The number of benzene rings is 1. The van der Waals surface area contributed by atoms with Gasteiger partial charge in [0.1, 0.15) is 6.29 Å². The fourth-order valence-corrected chi connectivity index (χ4v) is 2.77. The van der Waals surface area contributed by atoms with Gasteiger partial charge in [0.2, 0.25) is 0 Å². The number of carbonyl (C=O) groups is 2. The predicted octanol–water partition coefficient (Wildman–Crippen LogP) is 3.05. The maximum Gasteiger partial charge on any atom is 0.322 e. The number of aryl methyl sites for hydroxylation is 2. The Kier molecular flexibility index (Phi) is 6.02. The lowest BCUT2D eigenvalue weighted by molar-refractivity contribution is -0.106. The van der Waals surface area contributed by atoms with Gasteiger partial charge in [-0.25, -0.2) is 4.79 Å². The van der Waals surface area contributed by atoms with Crippen LogP contribution in [0.2, 0.25) is 0 Å². The van der Waals surface area contributed by atoms with E-state index in [2.05, 4.69) is 40.3 Å². The standard InChI is InChI=1S/C12H15BrN2O.C2H4O/c1-3-9-7-10(13)6-8(2)11(9)15-5-4-14-12(15)16;1-2-3/h6-7H,3-5H2,1-2H3,(H,14,16);2H,1H3. The SMILES string of the molecule is CC=O.CCc1cc(Br)cc(C)c1N1CCNC1=O. The highest BCUT2D eigenvalue weighted by Crippen LogP contribution is 2.30. The number of amides is 2. The number of nitrogens with one attached hydrogen (secondary N) is 1. The Morgan fingerprint density at radius 1 is 1.47 bits per heavy atom. The zero-order chi connectivity index (χ0) is 14.4. The molecule has 0 unspecified atom stereocenters. The van der Waals surface area contributed by atoms with Crippen LogP contribution in [0.5, 0.6) is 0 Å². The van der Waals surface area contributed by atoms with Gasteiger partial charge in [-0.1, -0.05) is 22.9 Å². The van der Waals surface area contributed by atoms with Crippen molar-refractivity contribution >= 4 is 33.9 Å². The summed E-state index contributed by atoms with van der Waals surface area (Å²) in [5.74, 6) is 0. The first kappa shape index (κ1) is 15.7. The number of urea groups is 1. The molecule has 19 heavy (non-hydrogen) atoms. The number of rotatable bonds is 2. The van der Waals surface area contributed by atoms with Crippen molar-refractivity contribution in [1.82, 2.24) is 5.32 Å². The van der Waals surface area contributed by atoms with Crippen LogP contribution in [-0.2, 0) is 11.2 Å². The van der Waals surface area contributed by atoms with Crippen molar-refractivity contribution in [2.75, 3.05) is 18.0 Å². The molecule has 0 aromatic heterocycles. The van der Waals surface area contributed by atoms with Gasteiger partial charge in [-0.15, -0.1) is 0 Å². The number of hydrogen-bond acceptors (Lipinski definition) is 2. The number of halogens is 1. The first-order chi connectivity index (χ1) is 9.04. The second-order valence-electron chi connectivity index (χ2n) is 4.20. The van der Waals surface area contributed by atoms with Crippen molar-refractivity contribution in [3.05, 3.63) is 27.7 Å². The Balaban J connectivity index is 0.000000550. The molecule has 1 aromatic carbocycles. The van der Waals surface area contributed by atoms with Gasteiger partial charge >= 0.3 is 6.03 Å². The number of anilines is 1. The summed E-state index contributed by atoms with van der Waals surface area (Å²) in [6.07, 6.45) is 1.68. The second kappa shape index (κ2) is 7.28. The zero-order valence-corrected chi connectivity index (χ0v) is 13.1. The van der Waals surface area contributed by atoms with Crippen LogP contribution in [0.3, 0.4) is 0 Å². The predicted molar refractivity (Wildman–Crippen MR) is 80.7 cm³/mol. The number of aldehydes is 1. The van der Waals surface area contributed by atoms with Crippen LogP contribution >= 0.6 is 15.9 Å². The smallest absolute Gasteiger partial charge is 0.322 e. The van der Waals surface area contributed by atoms with Crippen molar-refractivity contribution in [2.45, 2.75) is 27.2 Å². The number of hydrogen-bond donors (Lipinski definition) is 1. The summed E-state index contributed by atoms with van der Waals surface area (Å²) in [4.78, 5) is 22.3. The Labute approximate surface area is 122 Å². The van der Waals surface area contributed by atoms with Gasteiger partial charge in [0.05, 0.1) is 5.69 Å².